The fourth-order valence-electron chi connectivity index (χ4n) is 3.07. The first kappa shape index (κ1) is 13.3. The average molecular weight is 349 g/mol. The van der Waals surface area contributed by atoms with Gasteiger partial charge in [0.1, 0.15) is 10.7 Å². The lowest BCUT2D eigenvalue weighted by molar-refractivity contribution is 0.333. The van der Waals surface area contributed by atoms with Crippen LogP contribution in [0.25, 0.3) is 0 Å². The summed E-state index contributed by atoms with van der Waals surface area (Å²) in [5.41, 5.74) is 5.64. The van der Waals surface area contributed by atoms with Crippen molar-refractivity contribution < 1.29 is 12.8 Å². The number of benzene rings is 1. The van der Waals surface area contributed by atoms with Gasteiger partial charge in [-0.3, -0.25) is 0 Å². The number of hydrogen-bond acceptors (Lipinski definition) is 3. The van der Waals surface area contributed by atoms with Crippen molar-refractivity contribution in [2.45, 2.75) is 30.2 Å². The van der Waals surface area contributed by atoms with E-state index in [0.29, 0.717) is 12.5 Å². The first-order valence-corrected chi connectivity index (χ1v) is 8.39. The van der Waals surface area contributed by atoms with Crippen molar-refractivity contribution in [1.29, 1.82) is 0 Å². The van der Waals surface area contributed by atoms with Gasteiger partial charge < -0.3 is 5.73 Å². The molecule has 2 aliphatic rings. The lowest BCUT2D eigenvalue weighted by atomic mass is 10.1. The fourth-order valence-corrected chi connectivity index (χ4v) is 5.43. The summed E-state index contributed by atoms with van der Waals surface area (Å²) in [5, 5.41) is 0. The van der Waals surface area contributed by atoms with Crippen LogP contribution in [0.4, 0.5) is 10.1 Å². The van der Waals surface area contributed by atoms with Crippen molar-refractivity contribution in [1.82, 2.24) is 4.31 Å². The molecule has 1 aliphatic carbocycles. The Balaban J connectivity index is 2.03. The van der Waals surface area contributed by atoms with Crippen molar-refractivity contribution >= 4 is 31.6 Å². The highest BCUT2D eigenvalue weighted by Crippen LogP contribution is 2.41. The number of sulfonamides is 1. The van der Waals surface area contributed by atoms with Crippen LogP contribution in [0.3, 0.4) is 0 Å². The van der Waals surface area contributed by atoms with E-state index in [0.717, 1.165) is 25.3 Å². The maximum Gasteiger partial charge on any atom is 0.245 e. The average Bonchev–Trinajstić information content (AvgIpc) is 2.95. The lowest BCUT2D eigenvalue weighted by Crippen LogP contribution is -2.37. The molecule has 0 amide bonds. The van der Waals surface area contributed by atoms with Gasteiger partial charge in [-0.25, -0.2) is 12.8 Å². The quantitative estimate of drug-likeness (QED) is 0.834. The van der Waals surface area contributed by atoms with Gasteiger partial charge in [0, 0.05) is 12.6 Å². The van der Waals surface area contributed by atoms with Crippen LogP contribution in [0, 0.1) is 11.7 Å². The van der Waals surface area contributed by atoms with Gasteiger partial charge in [0.05, 0.1) is 10.2 Å². The summed E-state index contributed by atoms with van der Waals surface area (Å²) >= 11 is 3.01. The van der Waals surface area contributed by atoms with Crippen LogP contribution in [0.15, 0.2) is 21.5 Å². The van der Waals surface area contributed by atoms with Gasteiger partial charge in [-0.05, 0) is 53.2 Å². The molecule has 1 saturated heterocycles. The second-order valence-corrected chi connectivity index (χ2v) is 7.93. The molecule has 2 unspecified atom stereocenters. The van der Waals surface area contributed by atoms with Crippen LogP contribution in [0.1, 0.15) is 19.3 Å². The maximum atomic E-state index is 13.3. The van der Waals surface area contributed by atoms with E-state index < -0.39 is 15.8 Å². The first-order chi connectivity index (χ1) is 8.89. The predicted molar refractivity (Wildman–Crippen MR) is 73.5 cm³/mol. The summed E-state index contributed by atoms with van der Waals surface area (Å²) in [5.74, 6) is -0.0933. The summed E-state index contributed by atoms with van der Waals surface area (Å²) in [4.78, 5) is -0.00618. The van der Waals surface area contributed by atoms with Gasteiger partial charge in [0.15, 0.2) is 0 Å². The normalized spacial score (nSPS) is 27.1. The Labute approximate surface area is 120 Å². The Hall–Kier alpha value is -0.660. The van der Waals surface area contributed by atoms with Crippen molar-refractivity contribution in [3.8, 4) is 0 Å². The number of rotatable bonds is 2. The highest BCUT2D eigenvalue weighted by molar-refractivity contribution is 9.10. The van der Waals surface area contributed by atoms with Gasteiger partial charge in [-0.15, -0.1) is 0 Å². The number of nitrogens with two attached hydrogens (primary N) is 1. The molecule has 2 fully saturated rings. The van der Waals surface area contributed by atoms with Crippen LogP contribution >= 0.6 is 15.9 Å². The number of anilines is 1. The Kier molecular flexibility index (Phi) is 3.11. The molecular weight excluding hydrogens is 335 g/mol. The Morgan fingerprint density at radius 2 is 2.11 bits per heavy atom. The Morgan fingerprint density at radius 3 is 2.68 bits per heavy atom. The molecule has 0 aromatic heterocycles. The number of nitrogen functional groups attached to an aromatic ring is 1. The SMILES string of the molecule is Nc1cc(F)c(Br)cc1S(=O)(=O)N1CC2CCC1C2. The lowest BCUT2D eigenvalue weighted by Gasteiger charge is -2.26. The minimum atomic E-state index is -3.63. The molecule has 1 heterocycles. The fraction of sp³-hybridized carbons (Fsp3) is 0.500. The summed E-state index contributed by atoms with van der Waals surface area (Å²) in [6.45, 7) is 0.557. The zero-order chi connectivity index (χ0) is 13.8. The molecule has 1 aromatic carbocycles. The highest BCUT2D eigenvalue weighted by Gasteiger charge is 2.44. The summed E-state index contributed by atoms with van der Waals surface area (Å²) in [7, 11) is -3.63. The van der Waals surface area contributed by atoms with Crippen molar-refractivity contribution in [2.24, 2.45) is 5.92 Å². The molecule has 2 atom stereocenters. The molecule has 0 spiro atoms. The van der Waals surface area contributed by atoms with Crippen LogP contribution in [-0.2, 0) is 10.0 Å². The van der Waals surface area contributed by atoms with Crippen LogP contribution in [0.2, 0.25) is 0 Å². The van der Waals surface area contributed by atoms with E-state index in [1.165, 1.54) is 10.4 Å². The molecule has 1 saturated carbocycles. The van der Waals surface area contributed by atoms with Gasteiger partial charge in [0.25, 0.3) is 0 Å². The Bertz CT molecular complexity index is 635. The molecular formula is C12H14BrFN2O2S. The third kappa shape index (κ3) is 2.08. The van der Waals surface area contributed by atoms with E-state index in [2.05, 4.69) is 15.9 Å². The van der Waals surface area contributed by atoms with E-state index in [-0.39, 0.29) is 21.1 Å². The summed E-state index contributed by atoms with van der Waals surface area (Å²) < 4.78 is 40.2. The second-order valence-electron chi connectivity index (χ2n) is 5.21. The first-order valence-electron chi connectivity index (χ1n) is 6.16. The van der Waals surface area contributed by atoms with E-state index in [1.807, 2.05) is 0 Å². The van der Waals surface area contributed by atoms with Gasteiger partial charge in [0.2, 0.25) is 10.0 Å². The van der Waals surface area contributed by atoms with Gasteiger partial charge >= 0.3 is 0 Å². The third-order valence-corrected chi connectivity index (χ3v) is 6.58. The summed E-state index contributed by atoms with van der Waals surface area (Å²) in [6, 6.07) is 2.38. The number of hydrogen-bond donors (Lipinski definition) is 1. The molecule has 2 bridgehead atoms. The van der Waals surface area contributed by atoms with Crippen LogP contribution in [0.5, 0.6) is 0 Å². The molecule has 7 heteroatoms. The molecule has 4 nitrogen and oxygen atoms in total. The summed E-state index contributed by atoms with van der Waals surface area (Å²) in [6.07, 6.45) is 2.94. The van der Waals surface area contributed by atoms with Crippen molar-refractivity contribution in [3.05, 3.63) is 22.4 Å². The molecule has 2 N–H and O–H groups in total. The minimum Gasteiger partial charge on any atom is -0.398 e. The molecule has 3 rings (SSSR count). The van der Waals surface area contributed by atoms with E-state index in [4.69, 9.17) is 5.73 Å². The largest absolute Gasteiger partial charge is 0.398 e. The minimum absolute atomic E-state index is 0.00618. The molecule has 19 heavy (non-hydrogen) atoms. The number of nitrogens with zero attached hydrogens (tertiary/aromatic N) is 1. The van der Waals surface area contributed by atoms with Gasteiger partial charge in [-0.1, -0.05) is 0 Å². The third-order valence-electron chi connectivity index (χ3n) is 4.00. The molecule has 1 aliphatic heterocycles. The zero-order valence-electron chi connectivity index (χ0n) is 10.1. The highest BCUT2D eigenvalue weighted by atomic mass is 79.9. The monoisotopic (exact) mass is 348 g/mol. The zero-order valence-corrected chi connectivity index (χ0v) is 12.5. The standard InChI is InChI=1S/C12H14BrFN2O2S/c13-9-4-12(11(15)5-10(9)14)19(17,18)16-6-7-1-2-8(16)3-7/h4-5,7-8H,1-3,6,15H2. The van der Waals surface area contributed by atoms with E-state index in [9.17, 15) is 12.8 Å². The molecule has 0 radical (unpaired) electrons. The number of halogens is 2. The van der Waals surface area contributed by atoms with Crippen LogP contribution < -0.4 is 5.73 Å². The van der Waals surface area contributed by atoms with E-state index in [1.54, 1.807) is 0 Å². The predicted octanol–water partition coefficient (Wildman–Crippen LogP) is 2.34. The van der Waals surface area contributed by atoms with E-state index >= 15 is 0 Å². The van der Waals surface area contributed by atoms with Crippen molar-refractivity contribution in [2.75, 3.05) is 12.3 Å². The topological polar surface area (TPSA) is 63.4 Å². The van der Waals surface area contributed by atoms with Crippen molar-refractivity contribution in [3.63, 3.8) is 0 Å². The van der Waals surface area contributed by atoms with Crippen LogP contribution in [-0.4, -0.2) is 25.3 Å². The van der Waals surface area contributed by atoms with Gasteiger partial charge in [-0.2, -0.15) is 4.31 Å². The number of fused-ring (bicyclic) bond motifs is 2. The smallest absolute Gasteiger partial charge is 0.245 e. The molecule has 104 valence electrons. The molecule has 1 aromatic rings. The second kappa shape index (κ2) is 4.43. The Morgan fingerprint density at radius 1 is 1.37 bits per heavy atom. The maximum absolute atomic E-state index is 13.3. The number of piperidine rings is 1.